The van der Waals surface area contributed by atoms with E-state index in [0.717, 1.165) is 0 Å². The van der Waals surface area contributed by atoms with Crippen molar-refractivity contribution in [2.75, 3.05) is 13.9 Å². The van der Waals surface area contributed by atoms with E-state index in [0.29, 0.717) is 21.4 Å². The van der Waals surface area contributed by atoms with Gasteiger partial charge in [-0.05, 0) is 32.9 Å². The Hall–Kier alpha value is -0.460. The Bertz CT molecular complexity index is 489. The molecule has 0 saturated carbocycles. The highest BCUT2D eigenvalue weighted by molar-refractivity contribution is 7.91. The average molecular weight is 338 g/mol. The fourth-order valence-corrected chi connectivity index (χ4v) is 2.06. The first-order valence-electron chi connectivity index (χ1n) is 5.83. The van der Waals surface area contributed by atoms with E-state index in [1.54, 1.807) is 12.1 Å². The molecular formula is C13H17Cl2NO3S. The molecule has 0 aliphatic rings. The van der Waals surface area contributed by atoms with Gasteiger partial charge < -0.3 is 14.0 Å². The van der Waals surface area contributed by atoms with E-state index >= 15 is 0 Å². The van der Waals surface area contributed by atoms with E-state index in [1.165, 1.54) is 13.3 Å². The molecule has 0 aromatic heterocycles. The number of hydrogen-bond acceptors (Lipinski definition) is 4. The van der Waals surface area contributed by atoms with Crippen molar-refractivity contribution in [3.8, 4) is 5.75 Å². The van der Waals surface area contributed by atoms with Crippen LogP contribution in [0.5, 0.6) is 5.75 Å². The highest BCUT2D eigenvalue weighted by atomic mass is 35.5. The summed E-state index contributed by atoms with van der Waals surface area (Å²) in [5, 5.41) is 0.675. The standard InChI is InChI=1S/C13H17Cl2NO3S/c1-13(2,3)20(17)16-7-9-11(19-8-18-4)6-5-10(14)12(9)15/h5-7H,8H2,1-4H3. The van der Waals surface area contributed by atoms with Gasteiger partial charge in [0.25, 0.3) is 0 Å². The molecule has 20 heavy (non-hydrogen) atoms. The number of halogens is 2. The first kappa shape index (κ1) is 17.6. The lowest BCUT2D eigenvalue weighted by atomic mass is 10.2. The molecule has 0 N–H and O–H groups in total. The van der Waals surface area contributed by atoms with Crippen LogP contribution in [0.1, 0.15) is 26.3 Å². The minimum atomic E-state index is -1.39. The van der Waals surface area contributed by atoms with Crippen LogP contribution in [-0.4, -0.2) is 29.4 Å². The maximum Gasteiger partial charge on any atom is 0.188 e. The average Bonchev–Trinajstić information content (AvgIpc) is 2.37. The van der Waals surface area contributed by atoms with E-state index in [9.17, 15) is 4.55 Å². The summed E-state index contributed by atoms with van der Waals surface area (Å²) in [7, 11) is 1.51. The maximum atomic E-state index is 11.9. The Morgan fingerprint density at radius 1 is 1.35 bits per heavy atom. The molecular weight excluding hydrogens is 321 g/mol. The van der Waals surface area contributed by atoms with Crippen molar-refractivity contribution in [3.05, 3.63) is 27.7 Å². The maximum absolute atomic E-state index is 11.9. The molecule has 0 heterocycles. The molecule has 1 aromatic rings. The third kappa shape index (κ3) is 4.82. The van der Waals surface area contributed by atoms with Crippen molar-refractivity contribution in [2.24, 2.45) is 4.40 Å². The van der Waals surface area contributed by atoms with Gasteiger partial charge in [-0.1, -0.05) is 27.6 Å². The van der Waals surface area contributed by atoms with Gasteiger partial charge in [-0.15, -0.1) is 0 Å². The Kier molecular flexibility index (Phi) is 6.61. The van der Waals surface area contributed by atoms with Crippen molar-refractivity contribution >= 4 is 40.8 Å². The van der Waals surface area contributed by atoms with Crippen molar-refractivity contribution < 1.29 is 14.0 Å². The lowest BCUT2D eigenvalue weighted by Crippen LogP contribution is -2.25. The van der Waals surface area contributed by atoms with Gasteiger partial charge >= 0.3 is 0 Å². The molecule has 0 bridgehead atoms. The lowest BCUT2D eigenvalue weighted by Gasteiger charge is -2.18. The molecule has 0 aliphatic heterocycles. The Morgan fingerprint density at radius 2 is 2.00 bits per heavy atom. The molecule has 1 rings (SSSR count). The minimum absolute atomic E-state index is 0.0706. The molecule has 0 saturated heterocycles. The molecule has 1 aromatic carbocycles. The van der Waals surface area contributed by atoms with Crippen LogP contribution in [0.25, 0.3) is 0 Å². The molecule has 0 amide bonds. The molecule has 7 heteroatoms. The fourth-order valence-electron chi connectivity index (χ4n) is 1.18. The second-order valence-electron chi connectivity index (χ2n) is 4.92. The van der Waals surface area contributed by atoms with Gasteiger partial charge in [0.15, 0.2) is 6.79 Å². The third-order valence-electron chi connectivity index (χ3n) is 2.23. The van der Waals surface area contributed by atoms with Gasteiger partial charge in [0, 0.05) is 7.11 Å². The molecule has 1 unspecified atom stereocenters. The summed E-state index contributed by atoms with van der Waals surface area (Å²) in [6.07, 6.45) is 1.42. The zero-order valence-corrected chi connectivity index (χ0v) is 14.1. The first-order chi connectivity index (χ1) is 9.27. The summed E-state index contributed by atoms with van der Waals surface area (Å²) in [4.78, 5) is 0. The van der Waals surface area contributed by atoms with Crippen LogP contribution in [0.3, 0.4) is 0 Å². The highest BCUT2D eigenvalue weighted by Gasteiger charge is 2.26. The number of methoxy groups -OCH3 is 1. The lowest BCUT2D eigenvalue weighted by molar-refractivity contribution is 0.0510. The summed E-state index contributed by atoms with van der Waals surface area (Å²) in [6.45, 7) is 5.58. The Morgan fingerprint density at radius 3 is 2.55 bits per heavy atom. The molecule has 0 fully saturated rings. The predicted molar refractivity (Wildman–Crippen MR) is 84.5 cm³/mol. The largest absolute Gasteiger partial charge is 0.591 e. The second-order valence-corrected chi connectivity index (χ2v) is 7.64. The smallest absolute Gasteiger partial charge is 0.188 e. The predicted octanol–water partition coefficient (Wildman–Crippen LogP) is 3.86. The number of benzene rings is 1. The number of rotatable bonds is 5. The third-order valence-corrected chi connectivity index (χ3v) is 4.39. The summed E-state index contributed by atoms with van der Waals surface area (Å²) in [6, 6.07) is 3.28. The number of ether oxygens (including phenoxy) is 2. The number of nitrogens with zero attached hydrogens (tertiary/aromatic N) is 1. The minimum Gasteiger partial charge on any atom is -0.591 e. The van der Waals surface area contributed by atoms with Gasteiger partial charge in [0.05, 0.1) is 21.8 Å². The summed E-state index contributed by atoms with van der Waals surface area (Å²) >= 11 is 10.7. The SMILES string of the molecule is COCOc1ccc(Cl)c(Cl)c1C=N[S+]([O-])C(C)(C)C. The zero-order chi connectivity index (χ0) is 15.3. The zero-order valence-electron chi connectivity index (χ0n) is 11.8. The van der Waals surface area contributed by atoms with Crippen LogP contribution in [0.2, 0.25) is 10.0 Å². The molecule has 0 aliphatic carbocycles. The molecule has 112 valence electrons. The van der Waals surface area contributed by atoms with Gasteiger partial charge in [-0.2, -0.15) is 0 Å². The van der Waals surface area contributed by atoms with Crippen molar-refractivity contribution in [1.82, 2.24) is 0 Å². The van der Waals surface area contributed by atoms with Crippen LogP contribution in [0, 0.1) is 0 Å². The van der Waals surface area contributed by atoms with E-state index in [-0.39, 0.29) is 6.79 Å². The molecule has 1 atom stereocenters. The van der Waals surface area contributed by atoms with Crippen LogP contribution in [0.4, 0.5) is 0 Å². The monoisotopic (exact) mass is 337 g/mol. The first-order valence-corrected chi connectivity index (χ1v) is 7.69. The number of hydrogen-bond donors (Lipinski definition) is 0. The quantitative estimate of drug-likeness (QED) is 0.465. The molecule has 0 radical (unpaired) electrons. The van der Waals surface area contributed by atoms with E-state index < -0.39 is 16.1 Å². The van der Waals surface area contributed by atoms with E-state index in [2.05, 4.69) is 4.40 Å². The Balaban J connectivity index is 3.08. The van der Waals surface area contributed by atoms with Gasteiger partial charge in [-0.25, -0.2) is 0 Å². The topological polar surface area (TPSA) is 53.9 Å². The summed E-state index contributed by atoms with van der Waals surface area (Å²) < 4.78 is 25.7. The van der Waals surface area contributed by atoms with Crippen molar-refractivity contribution in [2.45, 2.75) is 25.5 Å². The van der Waals surface area contributed by atoms with E-state index in [1.807, 2.05) is 20.8 Å². The molecule has 4 nitrogen and oxygen atoms in total. The van der Waals surface area contributed by atoms with Crippen LogP contribution in [0.15, 0.2) is 16.5 Å². The normalized spacial score (nSPS) is 13.8. The molecule has 0 spiro atoms. The summed E-state index contributed by atoms with van der Waals surface area (Å²) in [5.74, 6) is 0.468. The highest BCUT2D eigenvalue weighted by Crippen LogP contribution is 2.32. The van der Waals surface area contributed by atoms with Crippen molar-refractivity contribution in [1.29, 1.82) is 0 Å². The van der Waals surface area contributed by atoms with Gasteiger partial charge in [0.2, 0.25) is 0 Å². The Labute approximate surface area is 132 Å². The van der Waals surface area contributed by atoms with E-state index in [4.69, 9.17) is 32.7 Å². The van der Waals surface area contributed by atoms with Gasteiger partial charge in [0.1, 0.15) is 21.9 Å². The summed E-state index contributed by atoms with van der Waals surface area (Å²) in [5.41, 5.74) is 0.480. The van der Waals surface area contributed by atoms with Crippen LogP contribution in [-0.2, 0) is 16.1 Å². The van der Waals surface area contributed by atoms with Crippen LogP contribution >= 0.6 is 23.2 Å². The second kappa shape index (κ2) is 7.52. The van der Waals surface area contributed by atoms with Crippen molar-refractivity contribution in [3.63, 3.8) is 0 Å². The van der Waals surface area contributed by atoms with Gasteiger partial charge in [-0.3, -0.25) is 0 Å². The fraction of sp³-hybridized carbons (Fsp3) is 0.462. The van der Waals surface area contributed by atoms with Crippen LogP contribution < -0.4 is 4.74 Å².